The molecule has 0 saturated carbocycles. The number of sulfonamides is 1. The molecule has 1 aromatic rings. The Morgan fingerprint density at radius 3 is 2.08 bits per heavy atom. The van der Waals surface area contributed by atoms with E-state index in [9.17, 15) is 12.8 Å². The van der Waals surface area contributed by atoms with Crippen LogP contribution in [0.25, 0.3) is 5.14 Å². The van der Waals surface area contributed by atoms with Crippen LogP contribution in [-0.4, -0.2) is 8.42 Å². The molecule has 0 radical (unpaired) electrons. The quantitative estimate of drug-likeness (QED) is 0.572. The minimum absolute atomic E-state index is 0. The van der Waals surface area contributed by atoms with Gasteiger partial charge in [-0.15, -0.1) is 0 Å². The fourth-order valence-electron chi connectivity index (χ4n) is 0.800. The van der Waals surface area contributed by atoms with Crippen LogP contribution in [0.1, 0.15) is 5.56 Å². The molecule has 0 aliphatic rings. The summed E-state index contributed by atoms with van der Waals surface area (Å²) in [6, 6.07) is 5.03. The van der Waals surface area contributed by atoms with E-state index < -0.39 is 15.8 Å². The summed E-state index contributed by atoms with van der Waals surface area (Å²) in [4.78, 5) is 0. The van der Waals surface area contributed by atoms with Crippen molar-refractivity contribution >= 4 is 10.0 Å². The average Bonchev–Trinajstić information content (AvgIpc) is 1.91. The van der Waals surface area contributed by atoms with Gasteiger partial charge in [-0.1, -0.05) is 12.1 Å². The van der Waals surface area contributed by atoms with Gasteiger partial charge in [0.05, 0.1) is 15.8 Å². The molecule has 13 heavy (non-hydrogen) atoms. The summed E-state index contributed by atoms with van der Waals surface area (Å²) in [5.74, 6) is -0.783. The molecule has 0 aromatic heterocycles. The summed E-state index contributed by atoms with van der Waals surface area (Å²) < 4.78 is 33.2. The molecule has 0 amide bonds. The summed E-state index contributed by atoms with van der Waals surface area (Å²) in [6.07, 6.45) is 0. The summed E-state index contributed by atoms with van der Waals surface area (Å²) in [7, 11) is -3.76. The fraction of sp³-hybridized carbons (Fsp3) is 0.143. The molecule has 0 saturated heterocycles. The number of rotatable bonds is 2. The van der Waals surface area contributed by atoms with Crippen molar-refractivity contribution in [2.24, 2.45) is 0 Å². The van der Waals surface area contributed by atoms with Gasteiger partial charge in [-0.25, -0.2) is 12.8 Å². The first-order chi connectivity index (χ1) is 5.47. The van der Waals surface area contributed by atoms with Gasteiger partial charge in [-0.05, 0) is 17.7 Å². The van der Waals surface area contributed by atoms with E-state index in [4.69, 9.17) is 5.14 Å². The van der Waals surface area contributed by atoms with Gasteiger partial charge in [-0.2, -0.15) is 0 Å². The molecule has 0 atom stereocenters. The van der Waals surface area contributed by atoms with E-state index in [1.807, 2.05) is 0 Å². The first-order valence-electron chi connectivity index (χ1n) is 3.19. The molecule has 0 heterocycles. The van der Waals surface area contributed by atoms with Crippen LogP contribution in [0.5, 0.6) is 0 Å². The molecule has 6 heteroatoms. The molecule has 1 N–H and O–H groups in total. The van der Waals surface area contributed by atoms with Gasteiger partial charge in [0.15, 0.2) is 0 Å². The Morgan fingerprint density at radius 1 is 1.23 bits per heavy atom. The van der Waals surface area contributed by atoms with Crippen LogP contribution in [0.15, 0.2) is 24.3 Å². The van der Waals surface area contributed by atoms with Crippen LogP contribution in [-0.2, 0) is 15.8 Å². The number of benzene rings is 1. The summed E-state index contributed by atoms with van der Waals surface area (Å²) in [6.45, 7) is 0. The van der Waals surface area contributed by atoms with Crippen LogP contribution in [0.3, 0.4) is 0 Å². The minimum atomic E-state index is -3.76. The molecule has 0 spiro atoms. The third kappa shape index (κ3) is 5.38. The first-order valence-corrected chi connectivity index (χ1v) is 4.84. The van der Waals surface area contributed by atoms with Crippen LogP contribution >= 0.6 is 0 Å². The molecule has 0 aliphatic carbocycles. The van der Waals surface area contributed by atoms with Crippen molar-refractivity contribution in [1.29, 1.82) is 0 Å². The predicted octanol–water partition coefficient (Wildman–Crippen LogP) is -1.29. The van der Waals surface area contributed by atoms with E-state index in [0.29, 0.717) is 5.56 Å². The van der Waals surface area contributed by atoms with E-state index in [1.165, 1.54) is 24.3 Å². The molecule has 0 aliphatic heterocycles. The Balaban J connectivity index is 0.00000144. The second-order valence-electron chi connectivity index (χ2n) is 2.39. The molecule has 0 bridgehead atoms. The van der Waals surface area contributed by atoms with E-state index >= 15 is 0 Å². The second-order valence-corrected chi connectivity index (χ2v) is 3.90. The zero-order chi connectivity index (χ0) is 9.19. The molecule has 66 valence electrons. The van der Waals surface area contributed by atoms with Gasteiger partial charge in [0.1, 0.15) is 5.82 Å². The van der Waals surface area contributed by atoms with Gasteiger partial charge in [0.2, 0.25) is 0 Å². The average molecular weight is 211 g/mol. The Bertz CT molecular complexity index is 363. The van der Waals surface area contributed by atoms with E-state index in [2.05, 4.69) is 0 Å². The standard InChI is InChI=1S/C7H7FNO2S.Na/c8-7-3-1-6(2-4-7)5-12(9,10)11;/h1-4H,5H2,(H-,9,10,11);/q-1;+1. The smallest absolute Gasteiger partial charge is 0.564 e. The van der Waals surface area contributed by atoms with Crippen LogP contribution in [0.2, 0.25) is 0 Å². The third-order valence-electron chi connectivity index (χ3n) is 1.27. The van der Waals surface area contributed by atoms with Crippen LogP contribution in [0.4, 0.5) is 4.39 Å². The van der Waals surface area contributed by atoms with E-state index in [0.717, 1.165) is 0 Å². The summed E-state index contributed by atoms with van der Waals surface area (Å²) in [5, 5.41) is 6.60. The molecule has 1 rings (SSSR count). The third-order valence-corrected chi connectivity index (χ3v) is 1.98. The number of hydrogen-bond donors (Lipinski definition) is 0. The van der Waals surface area contributed by atoms with Crippen LogP contribution in [0, 0.1) is 5.82 Å². The first kappa shape index (κ1) is 13.1. The Hall–Kier alpha value is 0.0600. The minimum Gasteiger partial charge on any atom is -0.564 e. The van der Waals surface area contributed by atoms with Gasteiger partial charge < -0.3 is 5.14 Å². The second kappa shape index (κ2) is 5.07. The van der Waals surface area contributed by atoms with Gasteiger partial charge in [0.25, 0.3) is 0 Å². The molecular weight excluding hydrogens is 204 g/mol. The van der Waals surface area contributed by atoms with Crippen molar-refractivity contribution < 1.29 is 42.4 Å². The predicted molar refractivity (Wildman–Crippen MR) is 43.3 cm³/mol. The molecule has 3 nitrogen and oxygen atoms in total. The van der Waals surface area contributed by atoms with Crippen molar-refractivity contribution in [2.75, 3.05) is 0 Å². The van der Waals surface area contributed by atoms with Crippen molar-refractivity contribution in [3.05, 3.63) is 40.8 Å². The van der Waals surface area contributed by atoms with Gasteiger partial charge in [0, 0.05) is 0 Å². The van der Waals surface area contributed by atoms with Crippen LogP contribution < -0.4 is 29.6 Å². The molecule has 0 unspecified atom stereocenters. The van der Waals surface area contributed by atoms with Gasteiger partial charge in [-0.3, -0.25) is 0 Å². The largest absolute Gasteiger partial charge is 1.00 e. The summed E-state index contributed by atoms with van der Waals surface area (Å²) in [5.41, 5.74) is 0.423. The molecule has 1 aromatic carbocycles. The topological polar surface area (TPSA) is 57.9 Å². The maximum Gasteiger partial charge on any atom is 1.00 e. The SMILES string of the molecule is [NH-]S(=O)(=O)Cc1ccc(F)cc1.[Na+]. The molecular formula is C7H7FNNaO2S. The fourth-order valence-corrected chi connectivity index (χ4v) is 1.43. The zero-order valence-electron chi connectivity index (χ0n) is 7.12. The van der Waals surface area contributed by atoms with Crippen molar-refractivity contribution in [2.45, 2.75) is 5.75 Å². The Kier molecular flexibility index (Phi) is 5.09. The Labute approximate surface area is 98.5 Å². The van der Waals surface area contributed by atoms with Crippen molar-refractivity contribution in [1.82, 2.24) is 0 Å². The summed E-state index contributed by atoms with van der Waals surface area (Å²) >= 11 is 0. The van der Waals surface area contributed by atoms with Crippen molar-refractivity contribution in [3.8, 4) is 0 Å². The molecule has 0 fully saturated rings. The number of nitrogens with one attached hydrogen (secondary N) is 1. The maximum absolute atomic E-state index is 12.3. The van der Waals surface area contributed by atoms with Gasteiger partial charge >= 0.3 is 29.6 Å². The zero-order valence-corrected chi connectivity index (χ0v) is 9.94. The monoisotopic (exact) mass is 211 g/mol. The van der Waals surface area contributed by atoms with Crippen molar-refractivity contribution in [3.63, 3.8) is 0 Å². The number of hydrogen-bond acceptors (Lipinski definition) is 2. The van der Waals surface area contributed by atoms with E-state index in [1.54, 1.807) is 0 Å². The number of halogens is 1. The Morgan fingerprint density at radius 2 is 1.69 bits per heavy atom. The van der Waals surface area contributed by atoms with E-state index in [-0.39, 0.29) is 35.3 Å². The normalized spacial score (nSPS) is 10.6. The maximum atomic E-state index is 12.3.